The number of nitrogens with zero attached hydrogens (tertiary/aromatic N) is 5. The van der Waals surface area contributed by atoms with Crippen molar-refractivity contribution in [2.45, 2.75) is 59.4 Å². The van der Waals surface area contributed by atoms with Crippen LogP contribution >= 0.6 is 0 Å². The van der Waals surface area contributed by atoms with Crippen molar-refractivity contribution >= 4 is 5.97 Å². The fraction of sp³-hybridized carbons (Fsp3) is 0.370. The first kappa shape index (κ1) is 24.3. The second-order valence-corrected chi connectivity index (χ2v) is 8.81. The Morgan fingerprint density at radius 2 is 1.80 bits per heavy atom. The average Bonchev–Trinajstić information content (AvgIpc) is 3.52. The molecular weight excluding hydrogens is 440 g/mol. The van der Waals surface area contributed by atoms with Crippen LogP contribution in [0.4, 0.5) is 0 Å². The highest BCUT2D eigenvalue weighted by atomic mass is 16.5. The lowest BCUT2D eigenvalue weighted by atomic mass is 9.96. The zero-order chi connectivity index (χ0) is 24.8. The molecule has 2 aromatic carbocycles. The second-order valence-electron chi connectivity index (χ2n) is 8.81. The molecule has 0 atom stereocenters. The van der Waals surface area contributed by atoms with Gasteiger partial charge in [-0.1, -0.05) is 75.7 Å². The van der Waals surface area contributed by atoms with E-state index < -0.39 is 0 Å². The lowest BCUT2D eigenvalue weighted by molar-refractivity contribution is 0.0523. The summed E-state index contributed by atoms with van der Waals surface area (Å²) in [6.07, 6.45) is 2.66. The van der Waals surface area contributed by atoms with E-state index in [0.29, 0.717) is 24.4 Å². The summed E-state index contributed by atoms with van der Waals surface area (Å²) in [5, 5.41) is 19.3. The minimum atomic E-state index is -0.292. The van der Waals surface area contributed by atoms with Crippen LogP contribution in [0.15, 0.2) is 48.5 Å². The Balaban J connectivity index is 1.69. The first-order valence-corrected chi connectivity index (χ1v) is 12.2. The van der Waals surface area contributed by atoms with E-state index in [0.717, 1.165) is 53.0 Å². The Morgan fingerprint density at radius 3 is 2.43 bits per heavy atom. The Hall–Kier alpha value is -3.81. The van der Waals surface area contributed by atoms with Crippen molar-refractivity contribution in [1.29, 1.82) is 0 Å². The van der Waals surface area contributed by atoms with Gasteiger partial charge in [-0.2, -0.15) is 10.3 Å². The van der Waals surface area contributed by atoms with Crippen molar-refractivity contribution in [2.24, 2.45) is 0 Å². The lowest BCUT2D eigenvalue weighted by Gasteiger charge is -2.11. The highest BCUT2D eigenvalue weighted by Gasteiger charge is 2.26. The number of nitrogens with one attached hydrogen (secondary N) is 1. The molecule has 4 rings (SSSR count). The quantitative estimate of drug-likeness (QED) is 0.309. The van der Waals surface area contributed by atoms with Crippen molar-refractivity contribution in [1.82, 2.24) is 30.4 Å². The smallest absolute Gasteiger partial charge is 0.341 e. The topological polar surface area (TPSA) is 98.6 Å². The highest BCUT2D eigenvalue weighted by Crippen LogP contribution is 2.31. The fourth-order valence-electron chi connectivity index (χ4n) is 4.22. The Labute approximate surface area is 205 Å². The van der Waals surface area contributed by atoms with Crippen molar-refractivity contribution in [2.75, 3.05) is 6.61 Å². The zero-order valence-corrected chi connectivity index (χ0v) is 20.8. The van der Waals surface area contributed by atoms with Gasteiger partial charge < -0.3 is 4.74 Å². The van der Waals surface area contributed by atoms with Crippen molar-refractivity contribution in [3.63, 3.8) is 0 Å². The molecule has 0 aliphatic carbocycles. The summed E-state index contributed by atoms with van der Waals surface area (Å²) in [6.45, 7) is 9.23. The Morgan fingerprint density at radius 1 is 1.06 bits per heavy atom. The van der Waals surface area contributed by atoms with Gasteiger partial charge in [0.1, 0.15) is 5.56 Å². The highest BCUT2D eigenvalue weighted by molar-refractivity contribution is 5.92. The average molecular weight is 473 g/mol. The van der Waals surface area contributed by atoms with Gasteiger partial charge in [-0.3, -0.25) is 4.68 Å². The van der Waals surface area contributed by atoms with Crippen LogP contribution in [0, 0.1) is 0 Å². The molecule has 4 aromatic rings. The predicted molar refractivity (Wildman–Crippen MR) is 135 cm³/mol. The minimum absolute atomic E-state index is 0.125. The van der Waals surface area contributed by atoms with Crippen molar-refractivity contribution < 1.29 is 9.53 Å². The number of hydrogen-bond acceptors (Lipinski definition) is 6. The van der Waals surface area contributed by atoms with Crippen LogP contribution in [0.25, 0.3) is 22.5 Å². The first-order chi connectivity index (χ1) is 17.0. The third-order valence-electron chi connectivity index (χ3n) is 5.98. The molecule has 0 saturated heterocycles. The number of H-pyrrole nitrogens is 1. The molecule has 0 aliphatic heterocycles. The summed E-state index contributed by atoms with van der Waals surface area (Å²) in [5.74, 6) is 0.393. The predicted octanol–water partition coefficient (Wildman–Crippen LogP) is 5.42. The van der Waals surface area contributed by atoms with E-state index in [1.165, 1.54) is 0 Å². The van der Waals surface area contributed by atoms with Crippen molar-refractivity contribution in [3.8, 4) is 22.5 Å². The van der Waals surface area contributed by atoms with Gasteiger partial charge in [0.25, 0.3) is 0 Å². The summed E-state index contributed by atoms with van der Waals surface area (Å²) in [7, 11) is 0. The fourth-order valence-corrected chi connectivity index (χ4v) is 4.22. The number of tetrazole rings is 1. The number of aromatic amines is 1. The molecule has 0 bridgehead atoms. The minimum Gasteiger partial charge on any atom is -0.462 e. The number of aromatic nitrogens is 6. The van der Waals surface area contributed by atoms with E-state index in [2.05, 4.69) is 65.7 Å². The molecule has 0 spiro atoms. The van der Waals surface area contributed by atoms with Gasteiger partial charge in [-0.05, 0) is 41.2 Å². The molecule has 8 heteroatoms. The van der Waals surface area contributed by atoms with E-state index in [-0.39, 0.29) is 11.9 Å². The number of unbranched alkanes of at least 4 members (excludes halogenated alkanes) is 1. The SMILES string of the molecule is CCCCn1nc(C(C)C)c(C(=O)OCC)c1Cc1ccc(-c2ccccc2-c2nn[nH]n2)cc1. The van der Waals surface area contributed by atoms with E-state index in [4.69, 9.17) is 9.84 Å². The number of hydrogen-bond donors (Lipinski definition) is 1. The molecule has 0 radical (unpaired) electrons. The number of benzene rings is 2. The molecule has 0 unspecified atom stereocenters. The molecule has 182 valence electrons. The van der Waals surface area contributed by atoms with Crippen LogP contribution in [0.1, 0.15) is 73.8 Å². The number of rotatable bonds is 10. The van der Waals surface area contributed by atoms with Gasteiger partial charge in [0.2, 0.25) is 5.82 Å². The number of carbonyl (C=O) groups excluding carboxylic acids is 1. The molecule has 0 aliphatic rings. The summed E-state index contributed by atoms with van der Waals surface area (Å²) in [5.41, 5.74) is 6.44. The van der Waals surface area contributed by atoms with Crippen LogP contribution < -0.4 is 0 Å². The number of carbonyl (C=O) groups is 1. The van der Waals surface area contributed by atoms with Crippen LogP contribution in [-0.4, -0.2) is 43.0 Å². The third-order valence-corrected chi connectivity index (χ3v) is 5.98. The van der Waals surface area contributed by atoms with Crippen LogP contribution in [0.2, 0.25) is 0 Å². The maximum Gasteiger partial charge on any atom is 0.341 e. The number of aryl methyl sites for hydroxylation is 1. The molecule has 2 heterocycles. The third kappa shape index (κ3) is 5.31. The molecule has 8 nitrogen and oxygen atoms in total. The summed E-state index contributed by atoms with van der Waals surface area (Å²) in [4.78, 5) is 13.0. The lowest BCUT2D eigenvalue weighted by Crippen LogP contribution is -2.12. The van der Waals surface area contributed by atoms with Gasteiger partial charge >= 0.3 is 5.97 Å². The van der Waals surface area contributed by atoms with Gasteiger partial charge in [0.15, 0.2) is 0 Å². The summed E-state index contributed by atoms with van der Waals surface area (Å²) < 4.78 is 7.43. The summed E-state index contributed by atoms with van der Waals surface area (Å²) in [6, 6.07) is 16.4. The molecule has 2 aromatic heterocycles. The van der Waals surface area contributed by atoms with Crippen LogP contribution in [0.5, 0.6) is 0 Å². The van der Waals surface area contributed by atoms with E-state index in [1.54, 1.807) is 0 Å². The standard InChI is InChI=1S/C27H32N6O2/c1-5-7-16-33-23(24(27(34)35-6-2)25(30-33)18(3)4)17-19-12-14-20(15-13-19)21-10-8-9-11-22(21)26-28-31-32-29-26/h8-15,18H,5-7,16-17H2,1-4H3,(H,28,29,31,32). The largest absolute Gasteiger partial charge is 0.462 e. The maximum absolute atomic E-state index is 13.0. The molecule has 0 fully saturated rings. The molecule has 35 heavy (non-hydrogen) atoms. The molecule has 0 saturated carbocycles. The first-order valence-electron chi connectivity index (χ1n) is 12.2. The zero-order valence-electron chi connectivity index (χ0n) is 20.8. The van der Waals surface area contributed by atoms with Crippen LogP contribution in [-0.2, 0) is 17.7 Å². The maximum atomic E-state index is 13.0. The Bertz CT molecular complexity index is 1260. The van der Waals surface area contributed by atoms with E-state index in [9.17, 15) is 4.79 Å². The van der Waals surface area contributed by atoms with Crippen LogP contribution in [0.3, 0.4) is 0 Å². The molecular formula is C27H32N6O2. The Kier molecular flexibility index (Phi) is 7.70. The van der Waals surface area contributed by atoms with Gasteiger partial charge in [-0.15, -0.1) is 10.2 Å². The number of esters is 1. The monoisotopic (exact) mass is 472 g/mol. The van der Waals surface area contributed by atoms with Gasteiger partial charge in [0, 0.05) is 18.5 Å². The van der Waals surface area contributed by atoms with Gasteiger partial charge in [-0.25, -0.2) is 4.79 Å². The number of ether oxygens (including phenoxy) is 1. The van der Waals surface area contributed by atoms with E-state index in [1.807, 2.05) is 35.9 Å². The normalized spacial score (nSPS) is 11.2. The molecule has 0 amide bonds. The summed E-state index contributed by atoms with van der Waals surface area (Å²) >= 11 is 0. The molecule has 1 N–H and O–H groups in total. The van der Waals surface area contributed by atoms with Gasteiger partial charge in [0.05, 0.1) is 18.0 Å². The second kappa shape index (κ2) is 11.1. The van der Waals surface area contributed by atoms with E-state index >= 15 is 0 Å². The van der Waals surface area contributed by atoms with Crippen molar-refractivity contribution in [3.05, 3.63) is 71.0 Å².